The van der Waals surface area contributed by atoms with Crippen LogP contribution in [0.4, 0.5) is 0 Å². The quantitative estimate of drug-likeness (QED) is 0.0681. The van der Waals surface area contributed by atoms with E-state index in [0.717, 1.165) is 0 Å². The molecule has 0 aromatic rings. The number of allylic oxidation sites excluding steroid dienone is 2. The minimum absolute atomic E-state index is 0. The minimum Gasteiger partial charge on any atom is -0.512 e. The van der Waals surface area contributed by atoms with Crippen LogP contribution in [-0.2, 0) is 80.4 Å². The Hall–Kier alpha value is 1.58. The molecule has 0 aliphatic heterocycles. The molecule has 155 valence electrons. The molecule has 0 aliphatic carbocycles. The van der Waals surface area contributed by atoms with Crippen LogP contribution >= 0.6 is 0 Å². The topological polar surface area (TPSA) is 143 Å². The molecule has 23 heavy (non-hydrogen) atoms. The third-order valence-electron chi connectivity index (χ3n) is 1.09. The molecule has 11 heteroatoms. The fraction of sp³-hybridized carbons (Fsp3) is 0.500. The minimum atomic E-state index is -1.67. The Balaban J connectivity index is -0.00000000739. The maximum absolute atomic E-state index is 8.69. The normalized spacial score (nSPS) is 6.30. The van der Waals surface area contributed by atoms with Crippen LogP contribution < -0.4 is 11.9 Å². The summed E-state index contributed by atoms with van der Waals surface area (Å²) in [5.74, 6) is 0.343. The van der Waals surface area contributed by atoms with E-state index in [0.29, 0.717) is 5.57 Å². The number of nitrogens with two attached hydrogens (primary N) is 1. The second kappa shape index (κ2) is 65.2. The van der Waals surface area contributed by atoms with E-state index in [1.165, 1.54) is 13.8 Å². The molecule has 0 saturated carbocycles. The first-order valence-corrected chi connectivity index (χ1v) is 4.30. The van der Waals surface area contributed by atoms with Gasteiger partial charge in [-0.05, 0) is 13.8 Å². The molecule has 0 amide bonds. The Morgan fingerprint density at radius 3 is 1.04 bits per heavy atom. The van der Waals surface area contributed by atoms with Crippen molar-refractivity contribution in [3.05, 3.63) is 33.6 Å². The molecule has 0 atom stereocenters. The van der Waals surface area contributed by atoms with E-state index < -0.39 is 6.41 Å². The molecule has 0 bridgehead atoms. The van der Waals surface area contributed by atoms with Crippen molar-refractivity contribution in [1.82, 2.24) is 6.15 Å². The average molecular weight is 1050 g/mol. The number of hydrogen-bond donors (Lipinski definition) is 5. The van der Waals surface area contributed by atoms with Crippen LogP contribution in [-0.4, -0.2) is 40.7 Å². The first kappa shape index (κ1) is 86.4. The van der Waals surface area contributed by atoms with Crippen molar-refractivity contribution in [3.63, 3.8) is 0 Å². The van der Waals surface area contributed by atoms with E-state index in [9.17, 15) is 0 Å². The molecule has 7 radical (unpaired) electrons. The summed E-state index contributed by atoms with van der Waals surface area (Å²) in [7, 11) is 0. The van der Waals surface area contributed by atoms with Crippen LogP contribution in [0.25, 0.3) is 0 Å². The number of rotatable bonds is 1. The Morgan fingerprint density at radius 2 is 1.04 bits per heavy atom. The van der Waals surface area contributed by atoms with Crippen LogP contribution in [0, 0.1) is 22.3 Å². The molecule has 0 aromatic carbocycles. The van der Waals surface area contributed by atoms with Crippen molar-refractivity contribution in [2.75, 3.05) is 0 Å². The van der Waals surface area contributed by atoms with Crippen LogP contribution in [0.2, 0.25) is 0 Å². The predicted molar refractivity (Wildman–Crippen MR) is 87.4 cm³/mol. The molecule has 0 fully saturated rings. The number of ketones is 1. The first-order valence-electron chi connectivity index (χ1n) is 4.30. The number of hydrogen-bond acceptors (Lipinski definition) is 5. The summed E-state index contributed by atoms with van der Waals surface area (Å²) in [6.45, 7) is 8.73. The summed E-state index contributed by atoms with van der Waals surface area (Å²) in [5.41, 5.74) is 4.77. The second-order valence-corrected chi connectivity index (χ2v) is 2.21. The Kier molecular flexibility index (Phi) is 245. The molecule has 0 saturated heterocycles. The summed E-state index contributed by atoms with van der Waals surface area (Å²) >= 11 is 0. The van der Waals surface area contributed by atoms with Gasteiger partial charge in [0.1, 0.15) is 5.76 Å². The Morgan fingerprint density at radius 1 is 0.913 bits per heavy atom. The zero-order valence-corrected chi connectivity index (χ0v) is 24.6. The first-order chi connectivity index (χ1) is 6.29. The van der Waals surface area contributed by atoms with Gasteiger partial charge in [0.2, 0.25) is 6.41 Å². The predicted octanol–water partition coefficient (Wildman–Crippen LogP) is 1.76. The summed E-state index contributed by atoms with van der Waals surface area (Å²) < 4.78 is 0. The Bertz CT molecular complexity index is 195. The molecule has 0 heterocycles. The smallest absolute Gasteiger partial charge is 0.319 e. The van der Waals surface area contributed by atoms with Gasteiger partial charge in [-0.3, -0.25) is 10.5 Å². The van der Waals surface area contributed by atoms with E-state index in [1.54, 1.807) is 6.92 Å². The molecule has 9 N–H and O–H groups in total. The molecule has 0 spiro atoms. The summed E-state index contributed by atoms with van der Waals surface area (Å²) in [4.78, 5) is 8.69. The zero-order chi connectivity index (χ0) is 12.3. The van der Waals surface area contributed by atoms with Crippen LogP contribution in [0.1, 0.15) is 34.6 Å². The van der Waals surface area contributed by atoms with Gasteiger partial charge in [0.05, 0.1) is 12.5 Å². The van der Waals surface area contributed by atoms with Crippen molar-refractivity contribution in [2.45, 2.75) is 41.0 Å². The van der Waals surface area contributed by atoms with Crippen molar-refractivity contribution >= 4 is 14.2 Å². The third kappa shape index (κ3) is 120. The van der Waals surface area contributed by atoms with Crippen LogP contribution in [0.5, 0.6) is 0 Å². The van der Waals surface area contributed by atoms with Gasteiger partial charge < -0.3 is 36.3 Å². The van der Waals surface area contributed by atoms with Crippen molar-refractivity contribution in [1.29, 1.82) is 0 Å². The van der Waals surface area contributed by atoms with E-state index >= 15 is 0 Å². The zero-order valence-electron chi connectivity index (χ0n) is 15.1. The molecule has 0 aliphatic rings. The van der Waals surface area contributed by atoms with E-state index in [2.05, 4.69) is 5.73 Å². The average Bonchev–Trinajstić information content (AvgIpc) is 2.05. The molecular formula is C12H34BIr4N2O4. The SMILES string of the molecule is CC.CC(=[OH+])C(C)=C(C)O.N.NC(O)O.[B].[CH3+].[CH3-].[CH3-].[Ir].[Ir].[Ir].[Ir]. The summed E-state index contributed by atoms with van der Waals surface area (Å²) in [5, 5.41) is 23.5. The number of carbonyl (C=O) groups excluding carboxylic acids is 1. The molecule has 0 rings (SSSR count). The number of aliphatic hydroxyl groups is 3. The maximum Gasteiger partial charge on any atom is 0.319 e. The Labute approximate surface area is 199 Å². The molecule has 0 unspecified atom stereocenters. The monoisotopic (exact) mass is 1050 g/mol. The summed E-state index contributed by atoms with van der Waals surface area (Å²) in [6.07, 6.45) is -1.67. The standard InChI is InChI=1S/C6H10O2.C2H6.CH5NO2.3CH3.B.4Ir.H3N/c1-4(5(2)7)6(3)8;1-2;2-1(3)4;;;;;;;;;/h7H,1-3H3;1-2H3;1,3-4H,2H2;3*1H3;;;;;;1H3/q;;;2*-1;+1;;;;;;/p+1. The van der Waals surface area contributed by atoms with Crippen LogP contribution in [0.15, 0.2) is 11.3 Å². The van der Waals surface area contributed by atoms with E-state index in [1.807, 2.05) is 13.8 Å². The van der Waals surface area contributed by atoms with E-state index in [-0.39, 0.29) is 129 Å². The number of aliphatic hydroxyl groups excluding tert-OH is 2. The van der Waals surface area contributed by atoms with Crippen molar-refractivity contribution in [2.24, 2.45) is 5.73 Å². The third-order valence-corrected chi connectivity index (χ3v) is 1.09. The van der Waals surface area contributed by atoms with Gasteiger partial charge in [0.25, 0.3) is 0 Å². The largest absolute Gasteiger partial charge is 0.512 e. The summed E-state index contributed by atoms with van der Waals surface area (Å²) in [6, 6.07) is 0. The molecule has 0 aromatic heterocycles. The van der Waals surface area contributed by atoms with Gasteiger partial charge in [-0.1, -0.05) is 13.8 Å². The van der Waals surface area contributed by atoms with Gasteiger partial charge in [-0.2, -0.15) is 0 Å². The van der Waals surface area contributed by atoms with E-state index in [4.69, 9.17) is 20.1 Å². The van der Waals surface area contributed by atoms with Gasteiger partial charge >= 0.3 is 5.78 Å². The molecular weight excluding hydrogens is 1020 g/mol. The maximum atomic E-state index is 8.69. The van der Waals surface area contributed by atoms with Crippen molar-refractivity contribution in [3.8, 4) is 0 Å². The van der Waals surface area contributed by atoms with Gasteiger partial charge in [-0.15, -0.1) is 0 Å². The fourth-order valence-corrected chi connectivity index (χ4v) is 0.262. The van der Waals surface area contributed by atoms with Gasteiger partial charge in [0, 0.05) is 96.3 Å². The van der Waals surface area contributed by atoms with Gasteiger partial charge in [-0.25, -0.2) is 0 Å². The fourth-order valence-electron chi connectivity index (χ4n) is 0.262. The van der Waals surface area contributed by atoms with Crippen molar-refractivity contribution < 1.29 is 101 Å². The second-order valence-electron chi connectivity index (χ2n) is 2.21. The van der Waals surface area contributed by atoms with Gasteiger partial charge in [0.15, 0.2) is 0 Å². The molecule has 6 nitrogen and oxygen atoms in total. The van der Waals surface area contributed by atoms with Crippen LogP contribution in [0.3, 0.4) is 0 Å².